The Labute approximate surface area is 208 Å². The molecule has 4 aliphatic rings. The number of fused-ring (bicyclic) bond motifs is 5. The molecule has 0 N–H and O–H groups in total. The summed E-state index contributed by atoms with van der Waals surface area (Å²) in [5.41, 5.74) is 2.21. The van der Waals surface area contributed by atoms with E-state index in [9.17, 15) is 19.2 Å². The SMILES string of the molecule is CCCC(=O)OCC(=O)C1[C@H](OC(=O)CCC)CC2C3CCC4=CC(=O)CC[C@]4(C)C3=CC[C@@]21C. The molecule has 2 saturated carbocycles. The van der Waals surface area contributed by atoms with Gasteiger partial charge in [-0.15, -0.1) is 0 Å². The Bertz CT molecular complexity index is 960. The quantitative estimate of drug-likeness (QED) is 0.344. The van der Waals surface area contributed by atoms with Crippen LogP contribution in [0.1, 0.15) is 91.9 Å². The zero-order chi connectivity index (χ0) is 25.4. The van der Waals surface area contributed by atoms with Crippen LogP contribution in [0.3, 0.4) is 0 Å². The number of ketones is 2. The smallest absolute Gasteiger partial charge is 0.306 e. The minimum absolute atomic E-state index is 0.0929. The van der Waals surface area contributed by atoms with Gasteiger partial charge in [-0.1, -0.05) is 44.9 Å². The molecule has 0 bridgehead atoms. The van der Waals surface area contributed by atoms with Crippen LogP contribution in [0.2, 0.25) is 0 Å². The lowest BCUT2D eigenvalue weighted by atomic mass is 9.51. The number of esters is 2. The highest BCUT2D eigenvalue weighted by molar-refractivity contribution is 5.92. The molecule has 35 heavy (non-hydrogen) atoms. The van der Waals surface area contributed by atoms with Crippen LogP contribution in [0.15, 0.2) is 23.3 Å². The van der Waals surface area contributed by atoms with E-state index in [2.05, 4.69) is 19.9 Å². The topological polar surface area (TPSA) is 86.7 Å². The molecule has 6 heteroatoms. The van der Waals surface area contributed by atoms with E-state index in [1.807, 2.05) is 19.9 Å². The third-order valence-electron chi connectivity index (χ3n) is 9.25. The summed E-state index contributed by atoms with van der Waals surface area (Å²) < 4.78 is 11.2. The second-order valence-electron chi connectivity index (χ2n) is 11.5. The van der Waals surface area contributed by atoms with Crippen LogP contribution in [0.25, 0.3) is 0 Å². The number of hydrogen-bond donors (Lipinski definition) is 0. The van der Waals surface area contributed by atoms with Crippen molar-refractivity contribution in [2.75, 3.05) is 6.61 Å². The number of hydrogen-bond acceptors (Lipinski definition) is 6. The van der Waals surface area contributed by atoms with Crippen molar-refractivity contribution in [3.05, 3.63) is 23.3 Å². The van der Waals surface area contributed by atoms with Crippen LogP contribution >= 0.6 is 0 Å². The summed E-state index contributed by atoms with van der Waals surface area (Å²) >= 11 is 0. The summed E-state index contributed by atoms with van der Waals surface area (Å²) in [6.45, 7) is 8.00. The Hall–Kier alpha value is -2.24. The fourth-order valence-electron chi connectivity index (χ4n) is 7.49. The predicted molar refractivity (Wildman–Crippen MR) is 131 cm³/mol. The average molecular weight is 485 g/mol. The molecule has 6 atom stereocenters. The highest BCUT2D eigenvalue weighted by atomic mass is 16.5. The van der Waals surface area contributed by atoms with Crippen molar-refractivity contribution in [2.24, 2.45) is 28.6 Å². The van der Waals surface area contributed by atoms with Crippen molar-refractivity contribution >= 4 is 23.5 Å². The van der Waals surface area contributed by atoms with Gasteiger partial charge in [0, 0.05) is 24.7 Å². The lowest BCUT2D eigenvalue weighted by Crippen LogP contribution is -2.46. The van der Waals surface area contributed by atoms with Crippen LogP contribution in [0, 0.1) is 28.6 Å². The van der Waals surface area contributed by atoms with Crippen LogP contribution in [0.4, 0.5) is 0 Å². The van der Waals surface area contributed by atoms with E-state index in [1.54, 1.807) is 0 Å². The second-order valence-corrected chi connectivity index (χ2v) is 11.5. The van der Waals surface area contributed by atoms with E-state index in [1.165, 1.54) is 11.1 Å². The molecular formula is C29H40O6. The van der Waals surface area contributed by atoms with Crippen molar-refractivity contribution in [2.45, 2.75) is 98.0 Å². The number of carbonyl (C=O) groups excluding carboxylic acids is 4. The summed E-state index contributed by atoms with van der Waals surface area (Å²) in [5.74, 6) is -0.522. The first-order chi connectivity index (χ1) is 16.6. The van der Waals surface area contributed by atoms with E-state index in [0.29, 0.717) is 38.0 Å². The third kappa shape index (κ3) is 4.65. The van der Waals surface area contributed by atoms with Gasteiger partial charge in [0.05, 0.1) is 5.92 Å². The molecule has 0 spiro atoms. The summed E-state index contributed by atoms with van der Waals surface area (Å²) in [6.07, 6.45) is 10.3. The first-order valence-electron chi connectivity index (χ1n) is 13.5. The van der Waals surface area contributed by atoms with Crippen LogP contribution < -0.4 is 0 Å². The molecule has 2 fully saturated rings. The van der Waals surface area contributed by atoms with E-state index < -0.39 is 12.0 Å². The number of carbonyl (C=O) groups is 4. The minimum atomic E-state index is -0.494. The van der Waals surface area contributed by atoms with Gasteiger partial charge in [0.2, 0.25) is 0 Å². The maximum Gasteiger partial charge on any atom is 0.306 e. The first kappa shape index (κ1) is 25.8. The Morgan fingerprint density at radius 2 is 1.77 bits per heavy atom. The lowest BCUT2D eigenvalue weighted by molar-refractivity contribution is -0.158. The van der Waals surface area contributed by atoms with Crippen molar-refractivity contribution in [1.29, 1.82) is 0 Å². The molecule has 0 aromatic carbocycles. The fourth-order valence-corrected chi connectivity index (χ4v) is 7.49. The highest BCUT2D eigenvalue weighted by Gasteiger charge is 2.61. The Balaban J connectivity index is 1.63. The number of ether oxygens (including phenoxy) is 2. The highest BCUT2D eigenvalue weighted by Crippen LogP contribution is 2.65. The largest absolute Gasteiger partial charge is 0.462 e. The third-order valence-corrected chi connectivity index (χ3v) is 9.25. The molecule has 6 nitrogen and oxygen atoms in total. The van der Waals surface area contributed by atoms with Crippen LogP contribution in [-0.2, 0) is 28.7 Å². The van der Waals surface area contributed by atoms with Gasteiger partial charge >= 0.3 is 11.9 Å². The van der Waals surface area contributed by atoms with E-state index in [0.717, 1.165) is 25.7 Å². The molecule has 0 amide bonds. The summed E-state index contributed by atoms with van der Waals surface area (Å²) in [4.78, 5) is 50.1. The molecule has 3 unspecified atom stereocenters. The van der Waals surface area contributed by atoms with Gasteiger partial charge in [-0.05, 0) is 68.3 Å². The molecule has 4 aliphatic carbocycles. The average Bonchev–Trinajstić information content (AvgIpc) is 3.10. The Morgan fingerprint density at radius 3 is 2.49 bits per heavy atom. The second kappa shape index (κ2) is 10.0. The number of rotatable bonds is 8. The van der Waals surface area contributed by atoms with E-state index in [-0.39, 0.29) is 53.3 Å². The van der Waals surface area contributed by atoms with Gasteiger partial charge in [0.1, 0.15) is 12.7 Å². The normalized spacial score (nSPS) is 35.7. The molecular weight excluding hydrogens is 444 g/mol. The maximum absolute atomic E-state index is 13.5. The summed E-state index contributed by atoms with van der Waals surface area (Å²) in [5, 5.41) is 0. The van der Waals surface area contributed by atoms with Crippen LogP contribution in [-0.4, -0.2) is 36.2 Å². The van der Waals surface area contributed by atoms with Gasteiger partial charge in [0.25, 0.3) is 0 Å². The Kier molecular flexibility index (Phi) is 7.40. The molecule has 0 heterocycles. The molecule has 192 valence electrons. The lowest BCUT2D eigenvalue weighted by Gasteiger charge is -2.53. The molecule has 0 aromatic heterocycles. The fraction of sp³-hybridized carbons (Fsp3) is 0.724. The predicted octanol–water partition coefficient (Wildman–Crippen LogP) is 5.29. The zero-order valence-electron chi connectivity index (χ0n) is 21.7. The molecule has 4 rings (SSSR count). The van der Waals surface area contributed by atoms with Gasteiger partial charge < -0.3 is 9.47 Å². The monoisotopic (exact) mass is 484 g/mol. The van der Waals surface area contributed by atoms with Gasteiger partial charge in [-0.2, -0.15) is 0 Å². The van der Waals surface area contributed by atoms with Crippen molar-refractivity contribution < 1.29 is 28.7 Å². The molecule has 0 saturated heterocycles. The summed E-state index contributed by atoms with van der Waals surface area (Å²) in [7, 11) is 0. The summed E-state index contributed by atoms with van der Waals surface area (Å²) in [6, 6.07) is 0. The zero-order valence-corrected chi connectivity index (χ0v) is 21.7. The van der Waals surface area contributed by atoms with Gasteiger partial charge in [0.15, 0.2) is 11.6 Å². The Morgan fingerprint density at radius 1 is 1.06 bits per heavy atom. The standard InChI is InChI=1S/C29H40O6/c1-5-7-25(32)34-17-23(31)27-24(35-26(33)8-6-2)16-22-20-10-9-18-15-19(30)11-13-28(18,3)21(20)12-14-29(22,27)4/h12,15,20,22,24,27H,5-11,13-14,16-17H2,1-4H3/t20?,22?,24-,27?,28+,29+/m1/s1. The van der Waals surface area contributed by atoms with Crippen molar-refractivity contribution in [3.63, 3.8) is 0 Å². The molecule has 0 aromatic rings. The van der Waals surface area contributed by atoms with Gasteiger partial charge in [-0.25, -0.2) is 0 Å². The van der Waals surface area contributed by atoms with E-state index in [4.69, 9.17) is 9.47 Å². The van der Waals surface area contributed by atoms with Crippen LogP contribution in [0.5, 0.6) is 0 Å². The molecule has 0 radical (unpaired) electrons. The number of allylic oxidation sites excluding steroid dienone is 4. The minimum Gasteiger partial charge on any atom is -0.462 e. The van der Waals surface area contributed by atoms with Crippen molar-refractivity contribution in [3.8, 4) is 0 Å². The maximum atomic E-state index is 13.5. The number of Topliss-reactive ketones (excluding diaryl/α,β-unsaturated/α-hetero) is 1. The van der Waals surface area contributed by atoms with Gasteiger partial charge in [-0.3, -0.25) is 19.2 Å². The molecule has 0 aliphatic heterocycles. The first-order valence-corrected chi connectivity index (χ1v) is 13.5. The van der Waals surface area contributed by atoms with Crippen molar-refractivity contribution in [1.82, 2.24) is 0 Å². The van der Waals surface area contributed by atoms with E-state index >= 15 is 0 Å².